The van der Waals surface area contributed by atoms with Crippen molar-refractivity contribution in [3.8, 4) is 22.8 Å². The first-order valence-electron chi connectivity index (χ1n) is 26.5. The number of hydrogen-bond acceptors (Lipinski definition) is 2. The Hall–Kier alpha value is -9.90. The maximum Gasteiger partial charge on any atom is 0.145 e. The highest BCUT2D eigenvalue weighted by atomic mass is 15.1. The van der Waals surface area contributed by atoms with Crippen LogP contribution in [0.4, 0.5) is 0 Å². The van der Waals surface area contributed by atoms with Gasteiger partial charge in [0.1, 0.15) is 11.6 Å². The molecule has 366 valence electrons. The van der Waals surface area contributed by atoms with E-state index in [1.807, 2.05) is 24.3 Å². The Bertz CT molecular complexity index is 4370. The first-order chi connectivity index (χ1) is 38.1. The Morgan fingerprint density at radius 3 is 1.60 bits per heavy atom. The second-order valence-corrected chi connectivity index (χ2v) is 19.7. The molecular formula is C73H54N4. The van der Waals surface area contributed by atoms with Crippen LogP contribution in [-0.4, -0.2) is 19.1 Å². The van der Waals surface area contributed by atoms with E-state index in [1.54, 1.807) is 0 Å². The van der Waals surface area contributed by atoms with E-state index < -0.39 is 0 Å². The summed E-state index contributed by atoms with van der Waals surface area (Å²) in [7, 11) is 0. The number of imidazole rings is 2. The summed E-state index contributed by atoms with van der Waals surface area (Å²) in [6.45, 7) is 2.08. The molecule has 0 aliphatic heterocycles. The molecule has 0 atom stereocenters. The number of allylic oxidation sites excluding steroid dienone is 7. The van der Waals surface area contributed by atoms with Crippen molar-refractivity contribution in [1.82, 2.24) is 19.1 Å². The van der Waals surface area contributed by atoms with Crippen LogP contribution in [0, 0.1) is 6.92 Å². The van der Waals surface area contributed by atoms with Gasteiger partial charge < -0.3 is 0 Å². The van der Waals surface area contributed by atoms with E-state index in [0.717, 1.165) is 89.7 Å². The number of hydrogen-bond donors (Lipinski definition) is 0. The van der Waals surface area contributed by atoms with Gasteiger partial charge in [-0.05, 0) is 82.6 Å². The summed E-state index contributed by atoms with van der Waals surface area (Å²) in [5.74, 6) is 1.90. The molecule has 4 heteroatoms. The third kappa shape index (κ3) is 9.17. The number of nitrogens with zero attached hydrogens (tertiary/aromatic N) is 4. The quantitative estimate of drug-likeness (QED) is 0.101. The summed E-state index contributed by atoms with van der Waals surface area (Å²) in [4.78, 5) is 11.3. The lowest BCUT2D eigenvalue weighted by molar-refractivity contribution is 0.934. The van der Waals surface area contributed by atoms with Gasteiger partial charge in [0.05, 0.1) is 22.1 Å². The third-order valence-electron chi connectivity index (χ3n) is 14.7. The predicted octanol–water partition coefficient (Wildman–Crippen LogP) is 18.7. The minimum absolute atomic E-state index is 0.659. The van der Waals surface area contributed by atoms with Crippen molar-refractivity contribution in [1.29, 1.82) is 0 Å². The molecule has 14 rings (SSSR count). The first kappa shape index (κ1) is 46.9. The van der Waals surface area contributed by atoms with E-state index in [4.69, 9.17) is 9.97 Å². The Morgan fingerprint density at radius 1 is 0.468 bits per heavy atom. The number of fused-ring (bicyclic) bond motifs is 6. The average molecular weight is 987 g/mol. The number of benzene rings is 11. The average Bonchev–Trinajstić information content (AvgIpc) is 4.20. The van der Waals surface area contributed by atoms with E-state index in [2.05, 4.69) is 277 Å². The first-order valence-corrected chi connectivity index (χ1v) is 26.5. The lowest BCUT2D eigenvalue weighted by Gasteiger charge is -2.17. The summed E-state index contributed by atoms with van der Waals surface area (Å²) < 4.78 is 4.76. The second-order valence-electron chi connectivity index (χ2n) is 19.7. The zero-order chi connectivity index (χ0) is 51.5. The van der Waals surface area contributed by atoms with Crippen LogP contribution < -0.4 is 0 Å². The van der Waals surface area contributed by atoms with E-state index in [1.165, 1.54) is 44.2 Å². The van der Waals surface area contributed by atoms with Crippen molar-refractivity contribution in [3.05, 3.63) is 312 Å². The molecule has 1 aliphatic rings. The number of rotatable bonds is 10. The van der Waals surface area contributed by atoms with Crippen molar-refractivity contribution >= 4 is 78.2 Å². The molecule has 0 spiro atoms. The highest BCUT2D eigenvalue weighted by Crippen LogP contribution is 2.47. The van der Waals surface area contributed by atoms with E-state index in [-0.39, 0.29) is 0 Å². The van der Waals surface area contributed by atoms with Crippen molar-refractivity contribution in [2.24, 2.45) is 0 Å². The minimum atomic E-state index is 0.659. The Labute approximate surface area is 449 Å². The molecule has 0 saturated heterocycles. The van der Waals surface area contributed by atoms with Crippen molar-refractivity contribution in [2.75, 3.05) is 0 Å². The molecule has 77 heavy (non-hydrogen) atoms. The fourth-order valence-electron chi connectivity index (χ4n) is 11.0. The SMILES string of the molecule is C1=CCC=C(/C(=C/c2ccc(Cc3nc4c5cccc6c5c5c(cccc5c4n3-c3ccccc3)c3nc(-c4ccc(/C=C\c5ccccc5)cc4)n(-c4ccccc4)c63)cc2)c2ccccc2)C=C1.Cc1ccccc1. The van der Waals surface area contributed by atoms with Gasteiger partial charge in [-0.3, -0.25) is 9.13 Å². The van der Waals surface area contributed by atoms with Gasteiger partial charge in [0.15, 0.2) is 0 Å². The molecule has 0 saturated carbocycles. The van der Waals surface area contributed by atoms with Gasteiger partial charge in [0.25, 0.3) is 0 Å². The van der Waals surface area contributed by atoms with Crippen molar-refractivity contribution < 1.29 is 0 Å². The van der Waals surface area contributed by atoms with Crippen LogP contribution in [0.5, 0.6) is 0 Å². The predicted molar refractivity (Wildman–Crippen MR) is 326 cm³/mol. The van der Waals surface area contributed by atoms with E-state index in [0.29, 0.717) is 6.42 Å². The van der Waals surface area contributed by atoms with Gasteiger partial charge in [-0.2, -0.15) is 0 Å². The normalized spacial score (nSPS) is 12.7. The largest absolute Gasteiger partial charge is 0.295 e. The molecule has 11 aromatic carbocycles. The Balaban J connectivity index is 0.000000751. The van der Waals surface area contributed by atoms with Gasteiger partial charge in [-0.15, -0.1) is 0 Å². The maximum atomic E-state index is 5.67. The summed E-state index contributed by atoms with van der Waals surface area (Å²) in [6, 6.07) is 84.1. The molecule has 0 fully saturated rings. The van der Waals surface area contributed by atoms with Crippen LogP contribution in [0.1, 0.15) is 45.6 Å². The van der Waals surface area contributed by atoms with Crippen molar-refractivity contribution in [3.63, 3.8) is 0 Å². The molecule has 4 nitrogen and oxygen atoms in total. The number of para-hydroxylation sites is 2. The highest BCUT2D eigenvalue weighted by molar-refractivity contribution is 6.38. The minimum Gasteiger partial charge on any atom is -0.295 e. The molecule has 2 heterocycles. The van der Waals surface area contributed by atoms with Gasteiger partial charge >= 0.3 is 0 Å². The standard InChI is InChI=1S/C66H46N4.C7H8/c1-2-10-22-49(21-9-1)58(50-23-11-4-12-24-50)43-47-35-37-48(38-36-47)44-59-67-62-54-29-17-32-57-60(54)61-55(30-18-31-56(61)64(62)69(59)52-25-13-5-14-26-52)63-65(57)70(53-27-15-6-16-28-53)66(68-63)51-41-39-46(40-42-51)34-33-45-19-7-3-8-20-45;1-7-5-3-2-4-6-7/h1-9,11-43H,10,44H2;2-6H,1H3/b34-33-,58-43-;. The van der Waals surface area contributed by atoms with Crippen molar-refractivity contribution in [2.45, 2.75) is 19.8 Å². The topological polar surface area (TPSA) is 35.6 Å². The molecule has 2 aromatic heterocycles. The molecule has 0 bridgehead atoms. The molecule has 0 radical (unpaired) electrons. The van der Waals surface area contributed by atoms with Gasteiger partial charge in [-0.25, -0.2) is 9.97 Å². The van der Waals surface area contributed by atoms with E-state index >= 15 is 0 Å². The van der Waals surface area contributed by atoms with E-state index in [9.17, 15) is 0 Å². The monoisotopic (exact) mass is 986 g/mol. The van der Waals surface area contributed by atoms with Crippen LogP contribution in [0.3, 0.4) is 0 Å². The molecule has 1 aliphatic carbocycles. The number of aromatic nitrogens is 4. The fraction of sp³-hybridized carbons (Fsp3) is 0.0411. The zero-order valence-electron chi connectivity index (χ0n) is 42.8. The molecule has 13 aromatic rings. The van der Waals surface area contributed by atoms with Gasteiger partial charge in [0, 0.05) is 55.7 Å². The lowest BCUT2D eigenvalue weighted by atomic mass is 9.91. The van der Waals surface area contributed by atoms with Gasteiger partial charge in [0.2, 0.25) is 0 Å². The van der Waals surface area contributed by atoms with Crippen LogP contribution in [0.2, 0.25) is 0 Å². The van der Waals surface area contributed by atoms with Crippen LogP contribution in [0.15, 0.2) is 273 Å². The number of aryl methyl sites for hydroxylation is 1. The lowest BCUT2D eigenvalue weighted by Crippen LogP contribution is -2.03. The molecule has 0 unspecified atom stereocenters. The summed E-state index contributed by atoms with van der Waals surface area (Å²) in [6.07, 6.45) is 19.2. The fourth-order valence-corrected chi connectivity index (χ4v) is 11.0. The third-order valence-corrected chi connectivity index (χ3v) is 14.7. The highest BCUT2D eigenvalue weighted by Gasteiger charge is 2.26. The summed E-state index contributed by atoms with van der Waals surface area (Å²) in [5.41, 5.74) is 17.0. The van der Waals surface area contributed by atoms with Gasteiger partial charge in [-0.1, -0.05) is 260 Å². The van der Waals surface area contributed by atoms with Crippen LogP contribution >= 0.6 is 0 Å². The summed E-state index contributed by atoms with van der Waals surface area (Å²) >= 11 is 0. The smallest absolute Gasteiger partial charge is 0.145 e. The zero-order valence-corrected chi connectivity index (χ0v) is 42.8. The van der Waals surface area contributed by atoms with Crippen LogP contribution in [-0.2, 0) is 6.42 Å². The summed E-state index contributed by atoms with van der Waals surface area (Å²) in [5, 5.41) is 7.01. The van der Waals surface area contributed by atoms with Crippen LogP contribution in [0.25, 0.3) is 101 Å². The second kappa shape index (κ2) is 20.8. The molecule has 0 N–H and O–H groups in total. The molecular weight excluding hydrogens is 933 g/mol. The molecule has 0 amide bonds. The Kier molecular flexibility index (Phi) is 12.6. The maximum absolute atomic E-state index is 5.67. The Morgan fingerprint density at radius 2 is 0.987 bits per heavy atom.